The first-order chi connectivity index (χ1) is 12.5. The number of carbonyl (C=O) groups is 1. The molecule has 134 valence electrons. The number of nitrogens with one attached hydrogen (secondary N) is 1. The average Bonchev–Trinajstić information content (AvgIpc) is 3.28. The minimum absolute atomic E-state index is 0.222. The summed E-state index contributed by atoms with van der Waals surface area (Å²) in [5.74, 6) is -4.31. The van der Waals surface area contributed by atoms with Gasteiger partial charge in [0, 0.05) is 6.54 Å². The van der Waals surface area contributed by atoms with Crippen molar-refractivity contribution in [3.63, 3.8) is 0 Å². The first-order valence-corrected chi connectivity index (χ1v) is 8.93. The van der Waals surface area contributed by atoms with Crippen LogP contribution in [0.15, 0.2) is 36.4 Å². The zero-order chi connectivity index (χ0) is 18.3. The van der Waals surface area contributed by atoms with Crippen molar-refractivity contribution in [3.05, 3.63) is 58.9 Å². The summed E-state index contributed by atoms with van der Waals surface area (Å²) in [5.41, 5.74) is 0.482. The van der Waals surface area contributed by atoms with E-state index < -0.39 is 23.5 Å². The zero-order valence-corrected chi connectivity index (χ0v) is 14.3. The van der Waals surface area contributed by atoms with Crippen molar-refractivity contribution in [2.24, 2.45) is 0 Å². The highest BCUT2D eigenvalue weighted by Crippen LogP contribution is 2.36. The summed E-state index contributed by atoms with van der Waals surface area (Å²) in [4.78, 5) is 18.7. The van der Waals surface area contributed by atoms with E-state index in [-0.39, 0.29) is 11.7 Å². The van der Waals surface area contributed by atoms with Crippen LogP contribution in [-0.2, 0) is 0 Å². The summed E-state index contributed by atoms with van der Waals surface area (Å²) >= 11 is 1.51. The number of nitrogens with zero attached hydrogens (tertiary/aromatic N) is 2. The van der Waals surface area contributed by atoms with Gasteiger partial charge in [-0.2, -0.15) is 0 Å². The van der Waals surface area contributed by atoms with E-state index in [9.17, 15) is 18.0 Å². The molecule has 1 atom stereocenters. The van der Waals surface area contributed by atoms with E-state index in [0.29, 0.717) is 6.54 Å². The number of carbonyl (C=O) groups excluding carboxylic acids is 1. The number of para-hydroxylation sites is 1. The van der Waals surface area contributed by atoms with Gasteiger partial charge < -0.3 is 10.2 Å². The Morgan fingerprint density at radius 2 is 1.96 bits per heavy atom. The molecule has 3 aromatic rings. The number of amides is 2. The Bertz CT molecular complexity index is 958. The Morgan fingerprint density at radius 3 is 2.77 bits per heavy atom. The van der Waals surface area contributed by atoms with E-state index in [1.165, 1.54) is 11.3 Å². The van der Waals surface area contributed by atoms with E-state index in [0.717, 1.165) is 40.2 Å². The van der Waals surface area contributed by atoms with Crippen LogP contribution < -0.4 is 5.32 Å². The van der Waals surface area contributed by atoms with Gasteiger partial charge in [-0.1, -0.05) is 12.1 Å². The van der Waals surface area contributed by atoms with E-state index in [1.54, 1.807) is 4.90 Å². The average molecular weight is 377 g/mol. The van der Waals surface area contributed by atoms with Gasteiger partial charge in [0.1, 0.15) is 5.01 Å². The maximum atomic E-state index is 13.8. The van der Waals surface area contributed by atoms with Gasteiger partial charge in [0.05, 0.1) is 21.9 Å². The lowest BCUT2D eigenvalue weighted by atomic mass is 10.2. The molecule has 1 unspecified atom stereocenters. The number of rotatable bonds is 2. The van der Waals surface area contributed by atoms with E-state index in [4.69, 9.17) is 0 Å². The van der Waals surface area contributed by atoms with Crippen LogP contribution in [0.5, 0.6) is 0 Å². The fraction of sp³-hybridized carbons (Fsp3) is 0.222. The third-order valence-corrected chi connectivity index (χ3v) is 5.52. The molecule has 1 N–H and O–H groups in total. The predicted octanol–water partition coefficient (Wildman–Crippen LogP) is 5.08. The lowest BCUT2D eigenvalue weighted by Crippen LogP contribution is -2.34. The Balaban J connectivity index is 1.58. The molecule has 1 aromatic heterocycles. The molecule has 1 aliphatic heterocycles. The maximum absolute atomic E-state index is 13.8. The third-order valence-electron chi connectivity index (χ3n) is 4.39. The molecule has 0 aliphatic carbocycles. The maximum Gasteiger partial charge on any atom is 0.322 e. The molecule has 0 saturated carbocycles. The number of fused-ring (bicyclic) bond motifs is 1. The molecule has 1 aliphatic rings. The highest BCUT2D eigenvalue weighted by Gasteiger charge is 2.33. The second-order valence-corrected chi connectivity index (χ2v) is 7.09. The minimum Gasteiger partial charge on any atom is -0.315 e. The fourth-order valence-electron chi connectivity index (χ4n) is 3.11. The molecule has 0 bridgehead atoms. The Labute approximate surface area is 151 Å². The quantitative estimate of drug-likeness (QED) is 0.633. The molecular formula is C18H14F3N3OS. The second kappa shape index (κ2) is 6.60. The Kier molecular flexibility index (Phi) is 4.28. The van der Waals surface area contributed by atoms with Gasteiger partial charge in [0.15, 0.2) is 17.5 Å². The normalized spacial score (nSPS) is 17.0. The van der Waals surface area contributed by atoms with Gasteiger partial charge >= 0.3 is 6.03 Å². The number of anilines is 1. The van der Waals surface area contributed by atoms with Crippen LogP contribution in [0.4, 0.5) is 23.7 Å². The lowest BCUT2D eigenvalue weighted by molar-refractivity contribution is 0.207. The fourth-order valence-corrected chi connectivity index (χ4v) is 4.22. The molecular weight excluding hydrogens is 363 g/mol. The van der Waals surface area contributed by atoms with Crippen molar-refractivity contribution in [1.29, 1.82) is 0 Å². The first kappa shape index (κ1) is 16.8. The topological polar surface area (TPSA) is 45.2 Å². The predicted molar refractivity (Wildman–Crippen MR) is 93.6 cm³/mol. The van der Waals surface area contributed by atoms with E-state index >= 15 is 0 Å². The summed E-state index contributed by atoms with van der Waals surface area (Å²) in [6.07, 6.45) is 1.53. The molecule has 0 radical (unpaired) electrons. The molecule has 1 fully saturated rings. The van der Waals surface area contributed by atoms with Crippen molar-refractivity contribution < 1.29 is 18.0 Å². The van der Waals surface area contributed by atoms with Crippen LogP contribution in [0.1, 0.15) is 23.9 Å². The van der Waals surface area contributed by atoms with Crippen LogP contribution >= 0.6 is 11.3 Å². The number of halogens is 3. The summed E-state index contributed by atoms with van der Waals surface area (Å²) in [6, 6.07) is 8.71. The summed E-state index contributed by atoms with van der Waals surface area (Å²) in [5, 5.41) is 3.15. The highest BCUT2D eigenvalue weighted by molar-refractivity contribution is 7.18. The Morgan fingerprint density at radius 1 is 1.15 bits per heavy atom. The summed E-state index contributed by atoms with van der Waals surface area (Å²) in [7, 11) is 0. The molecule has 8 heteroatoms. The summed E-state index contributed by atoms with van der Waals surface area (Å²) in [6.45, 7) is 0.484. The molecule has 0 spiro atoms. The number of thiazole rings is 1. The standard InChI is InChI=1S/C18H14F3N3OS/c19-10-7-8-12(16(21)15(10)20)23-18(25)24-9-3-5-13(24)17-22-11-4-1-2-6-14(11)26-17/h1-2,4,6-8,13H,3,5,9H2,(H,23,25). The molecule has 26 heavy (non-hydrogen) atoms. The van der Waals surface area contributed by atoms with Gasteiger partial charge in [0.2, 0.25) is 0 Å². The van der Waals surface area contributed by atoms with Gasteiger partial charge in [-0.25, -0.2) is 22.9 Å². The zero-order valence-electron chi connectivity index (χ0n) is 13.5. The molecule has 2 heterocycles. The van der Waals surface area contributed by atoms with Crippen LogP contribution in [0, 0.1) is 17.5 Å². The van der Waals surface area contributed by atoms with Gasteiger partial charge in [0.25, 0.3) is 0 Å². The second-order valence-electron chi connectivity index (χ2n) is 6.02. The Hall–Kier alpha value is -2.61. The van der Waals surface area contributed by atoms with Crippen LogP contribution in [0.3, 0.4) is 0 Å². The van der Waals surface area contributed by atoms with Crippen molar-refractivity contribution in [3.8, 4) is 0 Å². The molecule has 4 nitrogen and oxygen atoms in total. The van der Waals surface area contributed by atoms with Crippen molar-refractivity contribution in [1.82, 2.24) is 9.88 Å². The van der Waals surface area contributed by atoms with Gasteiger partial charge in [-0.3, -0.25) is 0 Å². The minimum atomic E-state index is -1.60. The van der Waals surface area contributed by atoms with Gasteiger partial charge in [-0.15, -0.1) is 11.3 Å². The molecule has 2 aromatic carbocycles. The van der Waals surface area contributed by atoms with Crippen molar-refractivity contribution >= 4 is 33.3 Å². The first-order valence-electron chi connectivity index (χ1n) is 8.11. The SMILES string of the molecule is O=C(Nc1ccc(F)c(F)c1F)N1CCCC1c1nc2ccccc2s1. The number of benzene rings is 2. The number of urea groups is 1. The summed E-state index contributed by atoms with van der Waals surface area (Å²) < 4.78 is 41.2. The molecule has 4 rings (SSSR count). The van der Waals surface area contributed by atoms with Crippen LogP contribution in [-0.4, -0.2) is 22.5 Å². The van der Waals surface area contributed by atoms with Gasteiger partial charge in [-0.05, 0) is 37.1 Å². The largest absolute Gasteiger partial charge is 0.322 e. The van der Waals surface area contributed by atoms with Crippen molar-refractivity contribution in [2.45, 2.75) is 18.9 Å². The van der Waals surface area contributed by atoms with Crippen molar-refractivity contribution in [2.75, 3.05) is 11.9 Å². The van der Waals surface area contributed by atoms with Crippen LogP contribution in [0.2, 0.25) is 0 Å². The van der Waals surface area contributed by atoms with Crippen LogP contribution in [0.25, 0.3) is 10.2 Å². The smallest absolute Gasteiger partial charge is 0.315 e. The third kappa shape index (κ3) is 2.90. The monoisotopic (exact) mass is 377 g/mol. The van der Waals surface area contributed by atoms with E-state index in [2.05, 4.69) is 10.3 Å². The lowest BCUT2D eigenvalue weighted by Gasteiger charge is -2.23. The molecule has 2 amide bonds. The number of hydrogen-bond donors (Lipinski definition) is 1. The van der Waals surface area contributed by atoms with E-state index in [1.807, 2.05) is 24.3 Å². The molecule has 1 saturated heterocycles. The number of likely N-dealkylation sites (tertiary alicyclic amines) is 1. The number of hydrogen-bond acceptors (Lipinski definition) is 3. The highest BCUT2D eigenvalue weighted by atomic mass is 32.1. The number of aromatic nitrogens is 1.